The van der Waals surface area contributed by atoms with Gasteiger partial charge in [-0.15, -0.1) is 0 Å². The molecule has 1 N–H and O–H groups in total. The highest BCUT2D eigenvalue weighted by Crippen LogP contribution is 2.31. The van der Waals surface area contributed by atoms with Crippen molar-refractivity contribution < 1.29 is 23.1 Å². The summed E-state index contributed by atoms with van der Waals surface area (Å²) in [6, 6.07) is 4.70. The number of hydrogen-bond donors (Lipinski definition) is 1. The van der Waals surface area contributed by atoms with Crippen LogP contribution >= 0.6 is 0 Å². The number of aliphatic carboxylic acids is 1. The zero-order valence-electron chi connectivity index (χ0n) is 8.53. The summed E-state index contributed by atoms with van der Waals surface area (Å²) in [6.45, 7) is -0.269. The summed E-state index contributed by atoms with van der Waals surface area (Å²) in [5.41, 5.74) is -0.265. The molecule has 0 aliphatic heterocycles. The van der Waals surface area contributed by atoms with Crippen molar-refractivity contribution in [1.82, 2.24) is 4.57 Å². The van der Waals surface area contributed by atoms with E-state index >= 15 is 0 Å². The molecule has 2 rings (SSSR count). The first-order valence-corrected chi connectivity index (χ1v) is 4.76. The van der Waals surface area contributed by atoms with E-state index in [1.807, 2.05) is 0 Å². The molecular formula is C11H8F3NO2. The van der Waals surface area contributed by atoms with Crippen molar-refractivity contribution in [3.63, 3.8) is 0 Å². The molecular weight excluding hydrogens is 235 g/mol. The van der Waals surface area contributed by atoms with Gasteiger partial charge in [0.25, 0.3) is 0 Å². The van der Waals surface area contributed by atoms with Crippen LogP contribution in [-0.2, 0) is 17.5 Å². The lowest BCUT2D eigenvalue weighted by molar-refractivity contribution is -0.138. The monoisotopic (exact) mass is 243 g/mol. The Labute approximate surface area is 94.1 Å². The second-order valence-electron chi connectivity index (χ2n) is 3.61. The topological polar surface area (TPSA) is 42.2 Å². The number of carboxylic acid groups (broad SMARTS) is 1. The number of benzene rings is 1. The largest absolute Gasteiger partial charge is 0.480 e. The fraction of sp³-hybridized carbons (Fsp3) is 0.182. The van der Waals surface area contributed by atoms with Crippen LogP contribution in [0, 0.1) is 0 Å². The maximum absolute atomic E-state index is 12.4. The molecule has 0 saturated heterocycles. The van der Waals surface area contributed by atoms with E-state index in [0.717, 1.165) is 12.1 Å². The van der Waals surface area contributed by atoms with Gasteiger partial charge in [-0.25, -0.2) is 0 Å². The Kier molecular flexibility index (Phi) is 2.57. The highest BCUT2D eigenvalue weighted by Gasteiger charge is 2.30. The summed E-state index contributed by atoms with van der Waals surface area (Å²) in [5.74, 6) is -1.04. The molecule has 0 unspecified atom stereocenters. The molecule has 0 aliphatic carbocycles. The molecule has 0 bridgehead atoms. The lowest BCUT2D eigenvalue weighted by Crippen LogP contribution is -2.08. The summed E-state index contributed by atoms with van der Waals surface area (Å²) < 4.78 is 38.7. The second kappa shape index (κ2) is 3.80. The van der Waals surface area contributed by atoms with Crippen LogP contribution in [0.5, 0.6) is 0 Å². The Morgan fingerprint density at radius 2 is 2.00 bits per heavy atom. The van der Waals surface area contributed by atoms with Crippen LogP contribution in [0.4, 0.5) is 13.2 Å². The highest BCUT2D eigenvalue weighted by molar-refractivity contribution is 5.82. The molecule has 1 aromatic heterocycles. The quantitative estimate of drug-likeness (QED) is 0.881. The Hall–Kier alpha value is -1.98. The third-order valence-corrected chi connectivity index (χ3v) is 2.40. The van der Waals surface area contributed by atoms with Gasteiger partial charge in [0.1, 0.15) is 6.54 Å². The molecule has 0 saturated carbocycles. The molecule has 17 heavy (non-hydrogen) atoms. The van der Waals surface area contributed by atoms with Crippen LogP contribution in [0.3, 0.4) is 0 Å². The van der Waals surface area contributed by atoms with E-state index in [2.05, 4.69) is 0 Å². The van der Waals surface area contributed by atoms with Gasteiger partial charge in [-0.3, -0.25) is 4.79 Å². The Balaban J connectivity index is 2.48. The average molecular weight is 243 g/mol. The van der Waals surface area contributed by atoms with Crippen LogP contribution in [0.25, 0.3) is 10.9 Å². The van der Waals surface area contributed by atoms with Crippen molar-refractivity contribution in [2.75, 3.05) is 0 Å². The lowest BCUT2D eigenvalue weighted by Gasteiger charge is -2.07. The molecule has 2 aromatic rings. The van der Waals surface area contributed by atoms with E-state index in [1.54, 1.807) is 0 Å². The molecule has 0 atom stereocenters. The van der Waals surface area contributed by atoms with Gasteiger partial charge < -0.3 is 9.67 Å². The normalized spacial score (nSPS) is 11.9. The van der Waals surface area contributed by atoms with E-state index in [4.69, 9.17) is 5.11 Å². The van der Waals surface area contributed by atoms with Crippen LogP contribution in [-0.4, -0.2) is 15.6 Å². The molecule has 3 nitrogen and oxygen atoms in total. The minimum Gasteiger partial charge on any atom is -0.480 e. The Bertz CT molecular complexity index is 572. The number of aromatic nitrogens is 1. The van der Waals surface area contributed by atoms with Crippen molar-refractivity contribution in [2.45, 2.75) is 12.7 Å². The summed E-state index contributed by atoms with van der Waals surface area (Å²) in [7, 11) is 0. The number of carboxylic acids is 1. The third kappa shape index (κ3) is 2.25. The number of alkyl halides is 3. The van der Waals surface area contributed by atoms with Crippen LogP contribution in [0.2, 0.25) is 0 Å². The highest BCUT2D eigenvalue weighted by atomic mass is 19.4. The standard InChI is InChI=1S/C11H8F3NO2/c12-11(13,14)8-1-2-9-7(5-8)3-4-15(9)6-10(16)17/h1-5H,6H2,(H,16,17). The number of rotatable bonds is 2. The maximum atomic E-state index is 12.4. The number of carbonyl (C=O) groups is 1. The molecule has 0 spiro atoms. The number of hydrogen-bond acceptors (Lipinski definition) is 1. The predicted octanol–water partition coefficient (Wildman–Crippen LogP) is 2.74. The van der Waals surface area contributed by atoms with Crippen LogP contribution < -0.4 is 0 Å². The van der Waals surface area contributed by atoms with Gasteiger partial charge in [-0.1, -0.05) is 0 Å². The number of halogens is 3. The Morgan fingerprint density at radius 3 is 2.59 bits per heavy atom. The van der Waals surface area contributed by atoms with Crippen molar-refractivity contribution in [2.24, 2.45) is 0 Å². The molecule has 90 valence electrons. The fourth-order valence-electron chi connectivity index (χ4n) is 1.66. The van der Waals surface area contributed by atoms with Crippen molar-refractivity contribution in [1.29, 1.82) is 0 Å². The summed E-state index contributed by atoms with van der Waals surface area (Å²) in [4.78, 5) is 10.5. The maximum Gasteiger partial charge on any atom is 0.416 e. The van der Waals surface area contributed by atoms with Gasteiger partial charge in [-0.2, -0.15) is 13.2 Å². The summed E-state index contributed by atoms with van der Waals surface area (Å²) >= 11 is 0. The van der Waals surface area contributed by atoms with Gasteiger partial charge in [0.15, 0.2) is 0 Å². The predicted molar refractivity (Wildman–Crippen MR) is 54.6 cm³/mol. The van der Waals surface area contributed by atoms with E-state index in [1.165, 1.54) is 22.9 Å². The van der Waals surface area contributed by atoms with E-state index < -0.39 is 17.7 Å². The molecule has 1 aromatic carbocycles. The van der Waals surface area contributed by atoms with Crippen molar-refractivity contribution in [3.05, 3.63) is 36.0 Å². The zero-order chi connectivity index (χ0) is 12.6. The lowest BCUT2D eigenvalue weighted by atomic mass is 10.1. The average Bonchev–Trinajstić information content (AvgIpc) is 2.59. The first-order chi connectivity index (χ1) is 7.88. The smallest absolute Gasteiger partial charge is 0.416 e. The first kappa shape index (κ1) is 11.5. The third-order valence-electron chi connectivity index (χ3n) is 2.40. The molecule has 0 radical (unpaired) electrons. The summed E-state index contributed by atoms with van der Waals surface area (Å²) in [5, 5.41) is 9.00. The SMILES string of the molecule is O=C(O)Cn1ccc2cc(C(F)(F)F)ccc21. The molecule has 6 heteroatoms. The van der Waals surface area contributed by atoms with E-state index in [-0.39, 0.29) is 6.54 Å². The van der Waals surface area contributed by atoms with Gasteiger partial charge in [-0.05, 0) is 24.3 Å². The van der Waals surface area contributed by atoms with Crippen molar-refractivity contribution >= 4 is 16.9 Å². The minimum absolute atomic E-state index is 0.269. The van der Waals surface area contributed by atoms with Gasteiger partial charge >= 0.3 is 12.1 Å². The first-order valence-electron chi connectivity index (χ1n) is 4.76. The van der Waals surface area contributed by atoms with Gasteiger partial charge in [0, 0.05) is 17.1 Å². The molecule has 0 aliphatic rings. The second-order valence-corrected chi connectivity index (χ2v) is 3.61. The van der Waals surface area contributed by atoms with Gasteiger partial charge in [0.05, 0.1) is 5.56 Å². The van der Waals surface area contributed by atoms with E-state index in [9.17, 15) is 18.0 Å². The fourth-order valence-corrected chi connectivity index (χ4v) is 1.66. The Morgan fingerprint density at radius 1 is 1.29 bits per heavy atom. The summed E-state index contributed by atoms with van der Waals surface area (Å²) in [6.07, 6.45) is -2.93. The molecule has 0 amide bonds. The molecule has 0 fully saturated rings. The van der Waals surface area contributed by atoms with Crippen LogP contribution in [0.1, 0.15) is 5.56 Å². The minimum atomic E-state index is -4.39. The van der Waals surface area contributed by atoms with Crippen molar-refractivity contribution in [3.8, 4) is 0 Å². The zero-order valence-corrected chi connectivity index (χ0v) is 8.53. The van der Waals surface area contributed by atoms with Crippen LogP contribution in [0.15, 0.2) is 30.5 Å². The van der Waals surface area contributed by atoms with E-state index in [0.29, 0.717) is 10.9 Å². The number of fused-ring (bicyclic) bond motifs is 1. The number of nitrogens with zero attached hydrogens (tertiary/aromatic N) is 1. The molecule has 1 heterocycles. The van der Waals surface area contributed by atoms with Gasteiger partial charge in [0.2, 0.25) is 0 Å².